The fourth-order valence-corrected chi connectivity index (χ4v) is 3.64. The molecule has 0 saturated carbocycles. The molecule has 0 aliphatic rings. The van der Waals surface area contributed by atoms with Crippen molar-refractivity contribution >= 4 is 35.1 Å². The van der Waals surface area contributed by atoms with Gasteiger partial charge in [-0.1, -0.05) is 36.2 Å². The quantitative estimate of drug-likeness (QED) is 0.212. The van der Waals surface area contributed by atoms with E-state index in [1.807, 2.05) is 0 Å². The van der Waals surface area contributed by atoms with Crippen LogP contribution in [0.3, 0.4) is 0 Å². The average molecular weight is 441 g/mol. The minimum atomic E-state index is -4.26. The van der Waals surface area contributed by atoms with Gasteiger partial charge in [-0.25, -0.2) is 0 Å². The van der Waals surface area contributed by atoms with Crippen LogP contribution in [0.25, 0.3) is 0 Å². The molecule has 0 atom stereocenters. The second kappa shape index (κ2) is 10.8. The van der Waals surface area contributed by atoms with Gasteiger partial charge in [0.05, 0.1) is 17.4 Å². The first-order valence-corrected chi connectivity index (χ1v) is 10.2. The summed E-state index contributed by atoms with van der Waals surface area (Å²) in [5.41, 5.74) is -3.55. The zero-order valence-corrected chi connectivity index (χ0v) is 16.4. The average Bonchev–Trinajstić information content (AvgIpc) is 2.48. The molecule has 1 nitrogen and oxygen atoms in total. The highest BCUT2D eigenvalue weighted by molar-refractivity contribution is 8.00. The molecule has 0 aromatic heterocycles. The van der Waals surface area contributed by atoms with Gasteiger partial charge in [-0.15, -0.1) is 11.8 Å². The first-order chi connectivity index (χ1) is 12.0. The number of aryl methyl sites for hydroxylation is 1. The Kier molecular flexibility index (Phi) is 9.82. The van der Waals surface area contributed by atoms with E-state index in [4.69, 9.17) is 16.3 Å². The van der Waals surface area contributed by atoms with Gasteiger partial charge in [-0.05, 0) is 37.5 Å². The molecule has 150 valence electrons. The van der Waals surface area contributed by atoms with Gasteiger partial charge in [0, 0.05) is 10.6 Å². The highest BCUT2D eigenvalue weighted by atomic mass is 35.5. The lowest BCUT2D eigenvalue weighted by Gasteiger charge is -2.13. The van der Waals surface area contributed by atoms with Gasteiger partial charge in [0.25, 0.3) is 0 Å². The molecule has 0 bridgehead atoms. The molecule has 0 spiro atoms. The standard InChI is InChI=1S/C16H19ClF6OS2/c1-11-8-12(17)13(9-14(11)25-10-15(18,19)20)24-6-4-2-3-5-7-26-16(21,22)23/h8-9H,2-7,10H2,1H3. The second-order valence-electron chi connectivity index (χ2n) is 5.51. The molecule has 10 heteroatoms. The van der Waals surface area contributed by atoms with Gasteiger partial charge in [0.15, 0.2) is 0 Å². The summed E-state index contributed by atoms with van der Waals surface area (Å²) in [7, 11) is 0. The predicted octanol–water partition coefficient (Wildman–Crippen LogP) is 7.50. The Balaban J connectivity index is 2.36. The largest absolute Gasteiger partial charge is 0.492 e. The number of rotatable bonds is 10. The molecule has 0 aliphatic heterocycles. The fourth-order valence-electron chi connectivity index (χ4n) is 1.99. The van der Waals surface area contributed by atoms with Crippen molar-refractivity contribution in [2.45, 2.75) is 49.2 Å². The van der Waals surface area contributed by atoms with E-state index in [9.17, 15) is 26.3 Å². The number of hydrogen-bond donors (Lipinski definition) is 0. The van der Waals surface area contributed by atoms with E-state index in [0.717, 1.165) is 0 Å². The molecule has 0 fully saturated rings. The van der Waals surface area contributed by atoms with Gasteiger partial charge in [-0.3, -0.25) is 0 Å². The summed E-state index contributed by atoms with van der Waals surface area (Å²) in [5.74, 6) is -0.645. The van der Waals surface area contributed by atoms with Gasteiger partial charge in [0.1, 0.15) is 5.75 Å². The Bertz CT molecular complexity index is 563. The van der Waals surface area contributed by atoms with Crippen molar-refractivity contribution in [2.24, 2.45) is 0 Å². The molecule has 26 heavy (non-hydrogen) atoms. The Morgan fingerprint density at radius 2 is 1.65 bits per heavy atom. The highest BCUT2D eigenvalue weighted by Crippen LogP contribution is 2.36. The molecule has 0 saturated heterocycles. The molecule has 0 heterocycles. The van der Waals surface area contributed by atoms with E-state index < -0.39 is 17.4 Å². The van der Waals surface area contributed by atoms with E-state index in [-0.39, 0.29) is 17.5 Å². The predicted molar refractivity (Wildman–Crippen MR) is 95.4 cm³/mol. The lowest BCUT2D eigenvalue weighted by atomic mass is 10.2. The maximum absolute atomic E-state index is 12.4. The normalized spacial score (nSPS) is 12.5. The van der Waals surface area contributed by atoms with Crippen LogP contribution < -0.4 is 4.74 Å². The molecule has 0 aliphatic carbocycles. The number of thioether (sulfide) groups is 2. The molecular formula is C16H19ClF6OS2. The van der Waals surface area contributed by atoms with Crippen molar-refractivity contribution in [2.75, 3.05) is 18.1 Å². The van der Waals surface area contributed by atoms with Crippen LogP contribution >= 0.6 is 35.1 Å². The fraction of sp³-hybridized carbons (Fsp3) is 0.625. The summed E-state index contributed by atoms with van der Waals surface area (Å²) in [6.45, 7) is 1.98. The second-order valence-corrected chi connectivity index (χ2v) is 8.09. The molecular weight excluding hydrogens is 422 g/mol. The Morgan fingerprint density at radius 3 is 2.27 bits per heavy atom. The first-order valence-electron chi connectivity index (χ1n) is 7.81. The van der Waals surface area contributed by atoms with Crippen molar-refractivity contribution in [3.8, 4) is 5.75 Å². The van der Waals surface area contributed by atoms with Gasteiger partial charge in [-0.2, -0.15) is 26.3 Å². The smallest absolute Gasteiger partial charge is 0.441 e. The zero-order chi connectivity index (χ0) is 19.8. The van der Waals surface area contributed by atoms with Crippen LogP contribution in [0.2, 0.25) is 5.02 Å². The summed E-state index contributed by atoms with van der Waals surface area (Å²) >= 11 is 6.70. The third-order valence-corrected chi connectivity index (χ3v) is 5.52. The van der Waals surface area contributed by atoms with Crippen molar-refractivity contribution < 1.29 is 31.1 Å². The highest BCUT2D eigenvalue weighted by Gasteiger charge is 2.28. The van der Waals surface area contributed by atoms with E-state index >= 15 is 0 Å². The summed E-state index contributed by atoms with van der Waals surface area (Å²) in [6.07, 6.45) is -1.81. The minimum Gasteiger partial charge on any atom is -0.492 e. The molecule has 1 aromatic carbocycles. The minimum absolute atomic E-state index is 0.0257. The molecule has 0 unspecified atom stereocenters. The van der Waals surface area contributed by atoms with Crippen LogP contribution in [0.1, 0.15) is 31.2 Å². The number of alkyl halides is 6. The monoisotopic (exact) mass is 440 g/mol. The van der Waals surface area contributed by atoms with Crippen molar-refractivity contribution in [1.29, 1.82) is 0 Å². The Hall–Kier alpha value is -0.410. The lowest BCUT2D eigenvalue weighted by Crippen LogP contribution is -2.10. The van der Waals surface area contributed by atoms with E-state index in [1.165, 1.54) is 6.07 Å². The maximum Gasteiger partial charge on any atom is 0.441 e. The van der Waals surface area contributed by atoms with Crippen LogP contribution in [0, 0.1) is 6.92 Å². The number of hydrogen-bond acceptors (Lipinski definition) is 3. The molecule has 0 N–H and O–H groups in total. The molecule has 0 amide bonds. The number of benzene rings is 1. The van der Waals surface area contributed by atoms with Crippen LogP contribution in [-0.4, -0.2) is 29.8 Å². The van der Waals surface area contributed by atoms with E-state index in [2.05, 4.69) is 0 Å². The SMILES string of the molecule is Cc1cc(Cl)c(OCCCCCCSC(F)(F)F)cc1SCC(F)(F)F. The van der Waals surface area contributed by atoms with Crippen LogP contribution in [0.15, 0.2) is 17.0 Å². The lowest BCUT2D eigenvalue weighted by molar-refractivity contribution is -0.105. The number of unbranched alkanes of at least 4 members (excludes halogenated alkanes) is 3. The first kappa shape index (κ1) is 23.6. The van der Waals surface area contributed by atoms with Gasteiger partial charge >= 0.3 is 11.7 Å². The summed E-state index contributed by atoms with van der Waals surface area (Å²) in [5, 5.41) is 0.320. The Labute approximate surface area is 162 Å². The molecule has 1 rings (SSSR count). The summed E-state index contributed by atoms with van der Waals surface area (Å²) in [4.78, 5) is 0.450. The molecule has 0 radical (unpaired) electrons. The number of halogens is 7. The van der Waals surface area contributed by atoms with E-state index in [0.29, 0.717) is 65.3 Å². The van der Waals surface area contributed by atoms with Gasteiger partial charge < -0.3 is 4.74 Å². The van der Waals surface area contributed by atoms with E-state index in [1.54, 1.807) is 13.0 Å². The molecule has 1 aromatic rings. The maximum atomic E-state index is 12.4. The third-order valence-electron chi connectivity index (χ3n) is 3.18. The van der Waals surface area contributed by atoms with Crippen LogP contribution in [0.5, 0.6) is 5.75 Å². The van der Waals surface area contributed by atoms with Crippen molar-refractivity contribution in [3.05, 3.63) is 22.7 Å². The third kappa shape index (κ3) is 10.7. The summed E-state index contributed by atoms with van der Waals surface area (Å²) in [6, 6.07) is 3.05. The zero-order valence-electron chi connectivity index (χ0n) is 14.0. The summed E-state index contributed by atoms with van der Waals surface area (Å²) < 4.78 is 78.4. The van der Waals surface area contributed by atoms with Gasteiger partial charge in [0.2, 0.25) is 0 Å². The van der Waals surface area contributed by atoms with Crippen LogP contribution in [0.4, 0.5) is 26.3 Å². The van der Waals surface area contributed by atoms with Crippen molar-refractivity contribution in [1.82, 2.24) is 0 Å². The topological polar surface area (TPSA) is 9.23 Å². The van der Waals surface area contributed by atoms with Crippen LogP contribution in [-0.2, 0) is 0 Å². The van der Waals surface area contributed by atoms with Crippen molar-refractivity contribution in [3.63, 3.8) is 0 Å². The Morgan fingerprint density at radius 1 is 1.00 bits per heavy atom. The number of ether oxygens (including phenoxy) is 1.